The summed E-state index contributed by atoms with van der Waals surface area (Å²) in [7, 11) is 0. The Morgan fingerprint density at radius 3 is 1.91 bits per heavy atom. The number of benzene rings is 3. The van der Waals surface area contributed by atoms with E-state index in [1.165, 1.54) is 16.8 Å². The number of hydrogen-bond acceptors (Lipinski definition) is 4. The molecule has 0 aliphatic rings. The van der Waals surface area contributed by atoms with Gasteiger partial charge in [0.25, 0.3) is 0 Å². The molecule has 0 spiro atoms. The molecule has 0 unspecified atom stereocenters. The van der Waals surface area contributed by atoms with E-state index in [0.717, 1.165) is 50.3 Å². The van der Waals surface area contributed by atoms with Crippen molar-refractivity contribution in [2.45, 2.75) is 46.5 Å². The number of imidazole rings is 1. The summed E-state index contributed by atoms with van der Waals surface area (Å²) < 4.78 is 2.34. The Labute approximate surface area is 278 Å². The van der Waals surface area contributed by atoms with Crippen LogP contribution in [0.1, 0.15) is 56.4 Å². The van der Waals surface area contributed by atoms with Crippen LogP contribution in [0.2, 0.25) is 0 Å². The number of pyridine rings is 3. The number of fused-ring (bicyclic) bond motifs is 3. The molecule has 4 heterocycles. The van der Waals surface area contributed by atoms with Crippen LogP contribution in [0.5, 0.6) is 0 Å². The summed E-state index contributed by atoms with van der Waals surface area (Å²) in [6.07, 6.45) is 5.51. The van der Waals surface area contributed by atoms with E-state index in [2.05, 4.69) is 89.7 Å². The monoisotopic (exact) mass is 766 g/mol. The van der Waals surface area contributed by atoms with Gasteiger partial charge in [0.05, 0.1) is 34.8 Å². The Morgan fingerprint density at radius 1 is 0.667 bits per heavy atom. The molecule has 1 radical (unpaired) electrons. The summed E-state index contributed by atoms with van der Waals surface area (Å²) in [5, 5.41) is 1.07. The molecule has 0 aliphatic carbocycles. The number of aromatic nitrogens is 5. The van der Waals surface area contributed by atoms with Crippen molar-refractivity contribution in [2.75, 3.05) is 0 Å². The van der Waals surface area contributed by atoms with Gasteiger partial charge in [-0.25, -0.2) is 0 Å². The van der Waals surface area contributed by atoms with Gasteiger partial charge in [-0.2, -0.15) is 0 Å². The Kier molecular flexibility index (Phi) is 9.97. The van der Waals surface area contributed by atoms with Gasteiger partial charge >= 0.3 is 0 Å². The normalized spacial score (nSPS) is 11.0. The maximum atomic E-state index is 5.09. The topological polar surface area (TPSA) is 56.5 Å². The molecule has 0 bridgehead atoms. The van der Waals surface area contributed by atoms with Crippen LogP contribution in [0.3, 0.4) is 0 Å². The first-order valence-electron chi connectivity index (χ1n) is 15.0. The molecule has 0 fully saturated rings. The summed E-state index contributed by atoms with van der Waals surface area (Å²) in [5.41, 5.74) is 10.6. The number of aryl methyl sites for hydroxylation is 1. The molecular formula is C39H35IrN5-2. The summed E-state index contributed by atoms with van der Waals surface area (Å²) in [6, 6.07) is 37.0. The fourth-order valence-electron chi connectivity index (χ4n) is 5.54. The van der Waals surface area contributed by atoms with Gasteiger partial charge in [0, 0.05) is 43.1 Å². The molecule has 0 saturated carbocycles. The zero-order chi connectivity index (χ0) is 30.6. The number of rotatable bonds is 5. The van der Waals surface area contributed by atoms with Crippen molar-refractivity contribution in [3.05, 3.63) is 139 Å². The zero-order valence-corrected chi connectivity index (χ0v) is 28.5. The van der Waals surface area contributed by atoms with Crippen molar-refractivity contribution in [2.24, 2.45) is 0 Å². The van der Waals surface area contributed by atoms with Crippen LogP contribution in [0, 0.1) is 19.1 Å². The Morgan fingerprint density at radius 2 is 1.31 bits per heavy atom. The predicted molar refractivity (Wildman–Crippen MR) is 180 cm³/mol. The molecule has 5 nitrogen and oxygen atoms in total. The van der Waals surface area contributed by atoms with Crippen molar-refractivity contribution in [3.8, 4) is 28.3 Å². The van der Waals surface area contributed by atoms with Crippen LogP contribution in [0.4, 0.5) is 0 Å². The molecule has 0 saturated heterocycles. The minimum atomic E-state index is 0. The molecule has 45 heavy (non-hydrogen) atoms. The van der Waals surface area contributed by atoms with E-state index in [4.69, 9.17) is 4.98 Å². The summed E-state index contributed by atoms with van der Waals surface area (Å²) in [5.74, 6) is 1.62. The van der Waals surface area contributed by atoms with Crippen molar-refractivity contribution in [1.82, 2.24) is 24.5 Å². The van der Waals surface area contributed by atoms with Crippen LogP contribution in [0.25, 0.3) is 50.3 Å². The maximum Gasteiger partial charge on any atom is 0.0964 e. The van der Waals surface area contributed by atoms with Crippen molar-refractivity contribution in [3.63, 3.8) is 0 Å². The third-order valence-electron chi connectivity index (χ3n) is 7.67. The molecule has 7 rings (SSSR count). The minimum Gasteiger partial charge on any atom is -0.332 e. The maximum absolute atomic E-state index is 5.09. The molecule has 6 heteroatoms. The van der Waals surface area contributed by atoms with Gasteiger partial charge in [0.15, 0.2) is 0 Å². The van der Waals surface area contributed by atoms with Gasteiger partial charge in [-0.1, -0.05) is 58.0 Å². The fourth-order valence-corrected chi connectivity index (χ4v) is 5.54. The standard InChI is InChI=1S/C28H27N4.C11H8N.Ir/c1-17(2)21-12-9-13-22(18(3)4)26(21)32-27-23-14-19(5)29-15-24(23)30-16-25(27)31-28(32)20-10-7-6-8-11-20;1-2-6-10(7-3-1)11-8-4-5-9-12-11;/h6-10,12-18H,1-5H3;1-6,8-9H;/q2*-1;. The molecule has 3 aromatic carbocycles. The molecule has 7 aromatic rings. The smallest absolute Gasteiger partial charge is 0.0964 e. The Bertz CT molecular complexity index is 1950. The summed E-state index contributed by atoms with van der Waals surface area (Å²) in [6.45, 7) is 11.0. The van der Waals surface area contributed by atoms with E-state index < -0.39 is 0 Å². The first-order chi connectivity index (χ1) is 21.4. The first kappa shape index (κ1) is 31.9. The molecule has 0 amide bonds. The summed E-state index contributed by atoms with van der Waals surface area (Å²) in [4.78, 5) is 18.4. The van der Waals surface area contributed by atoms with Crippen LogP contribution in [-0.4, -0.2) is 24.5 Å². The Hall–Kier alpha value is -4.51. The second kappa shape index (κ2) is 14.1. The average Bonchev–Trinajstić information content (AvgIpc) is 3.46. The second-order valence-corrected chi connectivity index (χ2v) is 11.5. The van der Waals surface area contributed by atoms with Gasteiger partial charge < -0.3 is 9.55 Å². The van der Waals surface area contributed by atoms with Crippen molar-refractivity contribution < 1.29 is 20.1 Å². The SMILES string of the molecule is Cc1cc2c(cn1)ncc1nc(-c3[c-]cccc3)n(-c3c(C(C)C)cccc3C(C)C)c12.[Ir].[c-]1ccccc1-c1ccccn1. The first-order valence-corrected chi connectivity index (χ1v) is 15.0. The van der Waals surface area contributed by atoms with E-state index in [9.17, 15) is 0 Å². The number of para-hydroxylation sites is 1. The van der Waals surface area contributed by atoms with Crippen LogP contribution < -0.4 is 0 Å². The molecule has 0 aliphatic heterocycles. The van der Waals surface area contributed by atoms with Crippen LogP contribution in [-0.2, 0) is 20.1 Å². The second-order valence-electron chi connectivity index (χ2n) is 11.5. The fraction of sp³-hybridized carbons (Fsp3) is 0.179. The van der Waals surface area contributed by atoms with Crippen LogP contribution in [0.15, 0.2) is 110 Å². The molecule has 4 aromatic heterocycles. The zero-order valence-electron chi connectivity index (χ0n) is 26.1. The third-order valence-corrected chi connectivity index (χ3v) is 7.67. The summed E-state index contributed by atoms with van der Waals surface area (Å²) >= 11 is 0. The van der Waals surface area contributed by atoms with E-state index in [1.807, 2.05) is 80.0 Å². The largest absolute Gasteiger partial charge is 0.332 e. The van der Waals surface area contributed by atoms with Gasteiger partial charge in [0.2, 0.25) is 0 Å². The van der Waals surface area contributed by atoms with E-state index in [-0.39, 0.29) is 20.1 Å². The average molecular weight is 766 g/mol. The van der Waals surface area contributed by atoms with E-state index in [0.29, 0.717) is 11.8 Å². The van der Waals surface area contributed by atoms with Gasteiger partial charge in [-0.15, -0.1) is 71.8 Å². The van der Waals surface area contributed by atoms with Gasteiger partial charge in [-0.3, -0.25) is 15.0 Å². The molecule has 227 valence electrons. The Balaban J connectivity index is 0.000000258. The number of nitrogens with zero attached hydrogens (tertiary/aromatic N) is 5. The molecular weight excluding hydrogens is 731 g/mol. The van der Waals surface area contributed by atoms with Gasteiger partial charge in [-0.05, 0) is 47.7 Å². The number of hydrogen-bond donors (Lipinski definition) is 0. The quantitative estimate of drug-likeness (QED) is 0.164. The predicted octanol–water partition coefficient (Wildman–Crippen LogP) is 9.54. The van der Waals surface area contributed by atoms with Gasteiger partial charge in [0.1, 0.15) is 0 Å². The van der Waals surface area contributed by atoms with Crippen LogP contribution >= 0.6 is 0 Å². The molecule has 0 atom stereocenters. The van der Waals surface area contributed by atoms with E-state index >= 15 is 0 Å². The van der Waals surface area contributed by atoms with Crippen molar-refractivity contribution in [1.29, 1.82) is 0 Å². The molecule has 0 N–H and O–H groups in total. The van der Waals surface area contributed by atoms with E-state index in [1.54, 1.807) is 6.20 Å². The van der Waals surface area contributed by atoms with Crippen molar-refractivity contribution >= 4 is 21.9 Å². The minimum absolute atomic E-state index is 0. The third kappa shape index (κ3) is 6.63.